The number of hydrogen-bond acceptors (Lipinski definition) is 14. The summed E-state index contributed by atoms with van der Waals surface area (Å²) in [5, 5.41) is 9.10. The van der Waals surface area contributed by atoms with Gasteiger partial charge in [-0.3, -0.25) is 33.0 Å². The summed E-state index contributed by atoms with van der Waals surface area (Å²) in [5.74, 6) is -2.56. The first-order chi connectivity index (χ1) is 29.8. The molecule has 332 valence electrons. The van der Waals surface area contributed by atoms with Crippen molar-refractivity contribution in [2.75, 3.05) is 46.2 Å². The first-order valence-electron chi connectivity index (χ1n) is 20.1. The number of benzene rings is 3. The van der Waals surface area contributed by atoms with E-state index in [0.29, 0.717) is 29.7 Å². The largest absolute Gasteiger partial charge is 0.486 e. The molecule has 0 bridgehead atoms. The number of phosphoric ester groups is 1. The molecule has 62 heavy (non-hydrogen) atoms. The van der Waals surface area contributed by atoms with E-state index in [-0.39, 0.29) is 88.9 Å². The first-order valence-corrected chi connectivity index (χ1v) is 21.6. The molecule has 2 N–H and O–H groups in total. The van der Waals surface area contributed by atoms with Crippen LogP contribution in [0.25, 0.3) is 17.2 Å². The number of phosphoric acid groups is 1. The van der Waals surface area contributed by atoms with Gasteiger partial charge in [0.2, 0.25) is 0 Å². The second kappa shape index (κ2) is 25.2. The molecule has 4 rings (SSSR count). The highest BCUT2D eigenvalue weighted by Crippen LogP contribution is 2.43. The summed E-state index contributed by atoms with van der Waals surface area (Å²) in [5.41, 5.74) is 5.06. The summed E-state index contributed by atoms with van der Waals surface area (Å²) in [6.07, 6.45) is 5.56. The minimum Gasteiger partial charge on any atom is -0.486 e. The van der Waals surface area contributed by atoms with Crippen molar-refractivity contribution in [1.29, 1.82) is 0 Å². The van der Waals surface area contributed by atoms with Crippen LogP contribution in [0.1, 0.15) is 84.2 Å². The number of allylic oxidation sites excluding steroid dienone is 3. The quantitative estimate of drug-likeness (QED) is 0.0261. The van der Waals surface area contributed by atoms with Gasteiger partial charge in [0, 0.05) is 49.8 Å². The second-order valence-electron chi connectivity index (χ2n) is 13.8. The number of ketones is 2. The molecule has 2 unspecified atom stereocenters. The molecule has 1 aliphatic rings. The summed E-state index contributed by atoms with van der Waals surface area (Å²) in [4.78, 5) is 81.6. The van der Waals surface area contributed by atoms with E-state index < -0.39 is 44.4 Å². The molecule has 0 saturated heterocycles. The SMILES string of the molecule is CCC(=O)OCC(COP(=O)(O)OCCCC(=O)OCCOCCCC(=O)COc1ccc2c(c1)C(=O)/C(=C\C=C\c1ccc(-c3ccc(C(=O)O)cc3)cc1)C2)OC(=O)CC. The number of carboxylic acids is 1. The monoisotopic (exact) mass is 878 g/mol. The first kappa shape index (κ1) is 48.9. The van der Waals surface area contributed by atoms with Crippen molar-refractivity contribution in [3.05, 3.63) is 107 Å². The number of aromatic carboxylic acids is 1. The van der Waals surface area contributed by atoms with Gasteiger partial charge >= 0.3 is 31.7 Å². The van der Waals surface area contributed by atoms with E-state index in [1.54, 1.807) is 56.3 Å². The summed E-state index contributed by atoms with van der Waals surface area (Å²) in [6.45, 7) is 2.04. The Bertz CT molecular complexity index is 2120. The number of carboxylic acid groups (broad SMARTS) is 1. The van der Waals surface area contributed by atoms with Crippen LogP contribution in [0.15, 0.2) is 84.5 Å². The molecule has 0 aliphatic heterocycles. The van der Waals surface area contributed by atoms with Gasteiger partial charge in [0.1, 0.15) is 25.6 Å². The van der Waals surface area contributed by atoms with Crippen LogP contribution in [0.3, 0.4) is 0 Å². The standard InChI is InChI=1S/C45H51O16P/c1-3-41(47)58-29-39(61-42(48)4-2)30-60-62(53,54)59-23-7-11-43(49)56-25-24-55-22-6-10-37(46)28-57-38-21-20-35-26-36(44(50)40(35)27-38)9-5-8-31-12-14-32(15-13-31)33-16-18-34(19-17-33)45(51)52/h5,8-9,12-21,27,39H,3-4,6-7,10-11,22-26,28-30H2,1-2H3,(H,51,52)(H,53,54)/b8-5+,36-9-. The van der Waals surface area contributed by atoms with Gasteiger partial charge in [-0.05, 0) is 59.4 Å². The zero-order valence-electron chi connectivity index (χ0n) is 34.6. The van der Waals surface area contributed by atoms with Gasteiger partial charge in [-0.25, -0.2) is 9.36 Å². The smallest absolute Gasteiger partial charge is 0.472 e. The van der Waals surface area contributed by atoms with E-state index in [2.05, 4.69) is 0 Å². The number of carbonyl (C=O) groups excluding carboxylic acids is 5. The maximum atomic E-state index is 13.1. The molecule has 2 atom stereocenters. The molecule has 0 saturated carbocycles. The van der Waals surface area contributed by atoms with Crippen LogP contribution in [-0.4, -0.2) is 97.8 Å². The maximum absolute atomic E-state index is 13.1. The van der Waals surface area contributed by atoms with Crippen molar-refractivity contribution in [2.45, 2.75) is 64.9 Å². The van der Waals surface area contributed by atoms with Crippen LogP contribution < -0.4 is 4.74 Å². The van der Waals surface area contributed by atoms with Gasteiger partial charge in [-0.2, -0.15) is 0 Å². The van der Waals surface area contributed by atoms with E-state index in [0.717, 1.165) is 22.3 Å². The summed E-state index contributed by atoms with van der Waals surface area (Å²) >= 11 is 0. The lowest BCUT2D eigenvalue weighted by atomic mass is 10.0. The minimum absolute atomic E-state index is 0.0352. The van der Waals surface area contributed by atoms with Gasteiger partial charge in [-0.1, -0.05) is 74.5 Å². The van der Waals surface area contributed by atoms with Crippen molar-refractivity contribution in [3.8, 4) is 16.9 Å². The third-order valence-electron chi connectivity index (χ3n) is 9.10. The normalized spacial score (nSPS) is 14.2. The Morgan fingerprint density at radius 2 is 1.47 bits per heavy atom. The molecule has 0 fully saturated rings. The summed E-state index contributed by atoms with van der Waals surface area (Å²) in [6, 6.07) is 19.6. The minimum atomic E-state index is -4.56. The Balaban J connectivity index is 1.05. The predicted octanol–water partition coefficient (Wildman–Crippen LogP) is 6.91. The van der Waals surface area contributed by atoms with E-state index in [9.17, 15) is 38.2 Å². The van der Waals surface area contributed by atoms with Gasteiger partial charge in [0.15, 0.2) is 17.7 Å². The van der Waals surface area contributed by atoms with Crippen molar-refractivity contribution >= 4 is 49.3 Å². The molecule has 0 spiro atoms. The lowest BCUT2D eigenvalue weighted by Crippen LogP contribution is -2.29. The predicted molar refractivity (Wildman–Crippen MR) is 224 cm³/mol. The van der Waals surface area contributed by atoms with Crippen molar-refractivity contribution in [3.63, 3.8) is 0 Å². The van der Waals surface area contributed by atoms with E-state index in [1.165, 1.54) is 0 Å². The fourth-order valence-electron chi connectivity index (χ4n) is 5.75. The second-order valence-corrected chi connectivity index (χ2v) is 15.3. The Morgan fingerprint density at radius 3 is 2.16 bits per heavy atom. The molecule has 3 aromatic carbocycles. The third-order valence-corrected chi connectivity index (χ3v) is 10.1. The number of rotatable bonds is 27. The molecule has 0 amide bonds. The number of ether oxygens (including phenoxy) is 5. The lowest BCUT2D eigenvalue weighted by molar-refractivity contribution is -0.160. The van der Waals surface area contributed by atoms with Crippen LogP contribution in [0, 0.1) is 0 Å². The zero-order chi connectivity index (χ0) is 44.9. The van der Waals surface area contributed by atoms with Crippen LogP contribution in [0.4, 0.5) is 0 Å². The number of esters is 3. The highest BCUT2D eigenvalue weighted by Gasteiger charge is 2.27. The van der Waals surface area contributed by atoms with Crippen molar-refractivity contribution in [2.24, 2.45) is 0 Å². The van der Waals surface area contributed by atoms with Gasteiger partial charge < -0.3 is 33.7 Å². The van der Waals surface area contributed by atoms with Gasteiger partial charge in [0.25, 0.3) is 0 Å². The van der Waals surface area contributed by atoms with Crippen LogP contribution in [0.5, 0.6) is 5.75 Å². The fraction of sp³-hybridized carbons (Fsp3) is 0.378. The molecule has 0 aromatic heterocycles. The molecule has 0 radical (unpaired) electrons. The van der Waals surface area contributed by atoms with Gasteiger partial charge in [-0.15, -0.1) is 0 Å². The Morgan fingerprint density at radius 1 is 0.774 bits per heavy atom. The number of carbonyl (C=O) groups is 6. The summed E-state index contributed by atoms with van der Waals surface area (Å²) < 4.78 is 48.1. The van der Waals surface area contributed by atoms with Crippen LogP contribution in [0.2, 0.25) is 0 Å². The maximum Gasteiger partial charge on any atom is 0.472 e. The topological polar surface area (TPSA) is 225 Å². The van der Waals surface area contributed by atoms with Crippen molar-refractivity contribution in [1.82, 2.24) is 0 Å². The average Bonchev–Trinajstić information content (AvgIpc) is 3.58. The Hall–Kier alpha value is -5.77. The fourth-order valence-corrected chi connectivity index (χ4v) is 6.54. The summed E-state index contributed by atoms with van der Waals surface area (Å²) in [7, 11) is -4.56. The zero-order valence-corrected chi connectivity index (χ0v) is 35.5. The highest BCUT2D eigenvalue weighted by molar-refractivity contribution is 7.47. The lowest BCUT2D eigenvalue weighted by Gasteiger charge is -2.19. The van der Waals surface area contributed by atoms with Crippen molar-refractivity contribution < 1.29 is 76.1 Å². The van der Waals surface area contributed by atoms with E-state index in [1.807, 2.05) is 42.5 Å². The Kier molecular flexibility index (Phi) is 19.9. The van der Waals surface area contributed by atoms with Gasteiger partial charge in [0.05, 0.1) is 25.4 Å². The van der Waals surface area contributed by atoms with Crippen LogP contribution in [-0.2, 0) is 58.2 Å². The molecule has 17 heteroatoms. The molecule has 16 nitrogen and oxygen atoms in total. The van der Waals surface area contributed by atoms with Crippen LogP contribution >= 0.6 is 7.82 Å². The number of hydrogen-bond donors (Lipinski definition) is 2. The average molecular weight is 879 g/mol. The molecular weight excluding hydrogens is 827 g/mol. The highest BCUT2D eigenvalue weighted by atomic mass is 31.2. The molecule has 3 aromatic rings. The van der Waals surface area contributed by atoms with E-state index >= 15 is 0 Å². The Labute approximate surface area is 359 Å². The van der Waals surface area contributed by atoms with E-state index in [4.69, 9.17) is 37.8 Å². The third kappa shape index (κ3) is 16.9. The molecule has 0 heterocycles. The molecule has 1 aliphatic carbocycles. The number of Topliss-reactive ketones (excluding diaryl/α,β-unsaturated/α-hetero) is 2. The number of fused-ring (bicyclic) bond motifs is 1. The molecular formula is C45H51O16P.